The molecule has 0 saturated carbocycles. The Morgan fingerprint density at radius 1 is 1.06 bits per heavy atom. The number of esters is 1. The number of nitrogens with one attached hydrogen (secondary N) is 1. The average molecular weight is 470 g/mol. The molecule has 0 aliphatic carbocycles. The van der Waals surface area contributed by atoms with Crippen LogP contribution in [0, 0.1) is 0 Å². The molecule has 5 rings (SSSR count). The van der Waals surface area contributed by atoms with E-state index in [1.807, 2.05) is 60.8 Å². The smallest absolute Gasteiger partial charge is 0.337 e. The third-order valence-electron chi connectivity index (χ3n) is 5.93. The highest BCUT2D eigenvalue weighted by Crippen LogP contribution is 2.40. The van der Waals surface area contributed by atoms with Crippen LogP contribution in [0.1, 0.15) is 39.4 Å². The lowest BCUT2D eigenvalue weighted by molar-refractivity contribution is 0.0600. The van der Waals surface area contributed by atoms with Gasteiger partial charge in [-0.25, -0.2) is 4.79 Å². The van der Waals surface area contributed by atoms with Gasteiger partial charge in [0.15, 0.2) is 5.11 Å². The minimum atomic E-state index is -0.370. The SMILES string of the molecule is COC(=O)c1cccc(-n2cccc2[C@@H]2[C@H](c3ccccn3)NC(=S)N2Cc2ccncc2)c1. The van der Waals surface area contributed by atoms with E-state index in [-0.39, 0.29) is 18.1 Å². The standard InChI is InChI=1S/C26H23N5O2S/c1-33-25(32)19-6-4-7-20(16-19)30-15-5-9-22(30)24-23(21-8-2-3-12-28-21)29-26(34)31(24)17-18-10-13-27-14-11-18/h2-16,23-24H,17H2,1H3,(H,29,34)/t23-,24+/m0/s1. The molecule has 0 spiro atoms. The summed E-state index contributed by atoms with van der Waals surface area (Å²) in [5.41, 5.74) is 4.40. The molecule has 8 heteroatoms. The minimum Gasteiger partial charge on any atom is -0.465 e. The maximum absolute atomic E-state index is 12.1. The number of thiocarbonyl (C=S) groups is 1. The molecule has 0 bridgehead atoms. The molecule has 4 aromatic rings. The van der Waals surface area contributed by atoms with Crippen molar-refractivity contribution in [2.75, 3.05) is 7.11 Å². The molecular weight excluding hydrogens is 446 g/mol. The molecule has 1 aliphatic heterocycles. The lowest BCUT2D eigenvalue weighted by Crippen LogP contribution is -2.30. The quantitative estimate of drug-likeness (QED) is 0.335. The van der Waals surface area contributed by atoms with Crippen LogP contribution in [0.3, 0.4) is 0 Å². The van der Waals surface area contributed by atoms with Gasteiger partial charge in [-0.1, -0.05) is 12.1 Å². The number of methoxy groups -OCH3 is 1. The van der Waals surface area contributed by atoms with E-state index >= 15 is 0 Å². The van der Waals surface area contributed by atoms with Crippen molar-refractivity contribution in [1.82, 2.24) is 24.8 Å². The normalized spacial score (nSPS) is 17.4. The zero-order valence-electron chi connectivity index (χ0n) is 18.5. The van der Waals surface area contributed by atoms with Gasteiger partial charge in [0.05, 0.1) is 30.5 Å². The summed E-state index contributed by atoms with van der Waals surface area (Å²) in [6.45, 7) is 0.621. The van der Waals surface area contributed by atoms with Gasteiger partial charge in [-0.2, -0.15) is 0 Å². The Morgan fingerprint density at radius 2 is 1.91 bits per heavy atom. The highest BCUT2D eigenvalue weighted by atomic mass is 32.1. The Bertz CT molecular complexity index is 1310. The van der Waals surface area contributed by atoms with Gasteiger partial charge in [0.2, 0.25) is 0 Å². The molecule has 0 amide bonds. The number of carbonyl (C=O) groups is 1. The summed E-state index contributed by atoms with van der Waals surface area (Å²) in [6, 6.07) is 21.1. The Morgan fingerprint density at radius 3 is 2.68 bits per heavy atom. The first-order chi connectivity index (χ1) is 16.7. The molecule has 0 unspecified atom stereocenters. The summed E-state index contributed by atoms with van der Waals surface area (Å²) in [7, 11) is 1.38. The van der Waals surface area contributed by atoms with E-state index in [4.69, 9.17) is 17.0 Å². The zero-order chi connectivity index (χ0) is 23.5. The van der Waals surface area contributed by atoms with Crippen LogP contribution in [0.5, 0.6) is 0 Å². The number of hydrogen-bond acceptors (Lipinski definition) is 5. The molecule has 2 atom stereocenters. The minimum absolute atomic E-state index is 0.132. The van der Waals surface area contributed by atoms with Crippen LogP contribution >= 0.6 is 12.2 Å². The third kappa shape index (κ3) is 4.15. The van der Waals surface area contributed by atoms with Gasteiger partial charge >= 0.3 is 5.97 Å². The summed E-state index contributed by atoms with van der Waals surface area (Å²) < 4.78 is 7.00. The molecule has 170 valence electrons. The van der Waals surface area contributed by atoms with Crippen LogP contribution in [0.25, 0.3) is 5.69 Å². The lowest BCUT2D eigenvalue weighted by atomic mass is 10.0. The molecule has 0 radical (unpaired) electrons. The van der Waals surface area contributed by atoms with E-state index in [1.54, 1.807) is 24.7 Å². The van der Waals surface area contributed by atoms with Crippen molar-refractivity contribution in [3.05, 3.63) is 114 Å². The monoisotopic (exact) mass is 469 g/mol. The number of aromatic nitrogens is 3. The van der Waals surface area contributed by atoms with E-state index in [9.17, 15) is 4.79 Å². The van der Waals surface area contributed by atoms with Crippen LogP contribution in [0.4, 0.5) is 0 Å². The fraction of sp³-hybridized carbons (Fsp3) is 0.154. The molecular formula is C26H23N5O2S. The number of carbonyl (C=O) groups excluding carboxylic acids is 1. The van der Waals surface area contributed by atoms with Crippen molar-refractivity contribution in [1.29, 1.82) is 0 Å². The molecule has 1 aliphatic rings. The Hall–Kier alpha value is -4.04. The van der Waals surface area contributed by atoms with Crippen molar-refractivity contribution in [3.63, 3.8) is 0 Å². The summed E-state index contributed by atoms with van der Waals surface area (Å²) in [5.74, 6) is -0.370. The highest BCUT2D eigenvalue weighted by molar-refractivity contribution is 7.80. The van der Waals surface area contributed by atoms with Gasteiger partial charge in [0.1, 0.15) is 0 Å². The van der Waals surface area contributed by atoms with Crippen LogP contribution in [0.15, 0.2) is 91.5 Å². The number of rotatable bonds is 6. The fourth-order valence-electron chi connectivity index (χ4n) is 4.35. The second kappa shape index (κ2) is 9.44. The van der Waals surface area contributed by atoms with Crippen molar-refractivity contribution < 1.29 is 9.53 Å². The Labute approximate surface area is 203 Å². The van der Waals surface area contributed by atoms with Gasteiger partial charge in [0.25, 0.3) is 0 Å². The maximum Gasteiger partial charge on any atom is 0.337 e. The van der Waals surface area contributed by atoms with E-state index in [2.05, 4.69) is 30.8 Å². The number of hydrogen-bond donors (Lipinski definition) is 1. The van der Waals surface area contributed by atoms with Gasteiger partial charge in [0, 0.05) is 42.7 Å². The Balaban J connectivity index is 1.59. The van der Waals surface area contributed by atoms with E-state index in [1.165, 1.54) is 7.11 Å². The highest BCUT2D eigenvalue weighted by Gasteiger charge is 2.41. The van der Waals surface area contributed by atoms with Gasteiger partial charge < -0.3 is 19.5 Å². The first kappa shape index (κ1) is 21.8. The molecule has 1 aromatic carbocycles. The van der Waals surface area contributed by atoms with Crippen molar-refractivity contribution in [2.45, 2.75) is 18.6 Å². The topological polar surface area (TPSA) is 72.3 Å². The van der Waals surface area contributed by atoms with Crippen LogP contribution in [-0.4, -0.2) is 37.6 Å². The van der Waals surface area contributed by atoms with E-state index in [0.29, 0.717) is 17.2 Å². The third-order valence-corrected chi connectivity index (χ3v) is 6.28. The van der Waals surface area contributed by atoms with Gasteiger partial charge in [-0.15, -0.1) is 0 Å². The molecule has 1 fully saturated rings. The predicted molar refractivity (Wildman–Crippen MR) is 132 cm³/mol. The van der Waals surface area contributed by atoms with Crippen molar-refractivity contribution in [3.8, 4) is 5.69 Å². The van der Waals surface area contributed by atoms with Crippen LogP contribution in [0.2, 0.25) is 0 Å². The molecule has 3 aromatic heterocycles. The number of nitrogens with zero attached hydrogens (tertiary/aromatic N) is 4. The molecule has 1 N–H and O–H groups in total. The zero-order valence-corrected chi connectivity index (χ0v) is 19.4. The molecule has 1 saturated heterocycles. The maximum atomic E-state index is 12.1. The molecule has 7 nitrogen and oxygen atoms in total. The van der Waals surface area contributed by atoms with Crippen LogP contribution in [-0.2, 0) is 11.3 Å². The van der Waals surface area contributed by atoms with E-state index < -0.39 is 0 Å². The van der Waals surface area contributed by atoms with Gasteiger partial charge in [-0.3, -0.25) is 9.97 Å². The summed E-state index contributed by atoms with van der Waals surface area (Å²) >= 11 is 5.80. The first-order valence-corrected chi connectivity index (χ1v) is 11.3. The number of pyridine rings is 2. The Kier molecular flexibility index (Phi) is 6.05. The van der Waals surface area contributed by atoms with E-state index in [0.717, 1.165) is 22.6 Å². The average Bonchev–Trinajstić information content (AvgIpc) is 3.49. The summed E-state index contributed by atoms with van der Waals surface area (Å²) in [5, 5.41) is 4.15. The largest absolute Gasteiger partial charge is 0.465 e. The van der Waals surface area contributed by atoms with Crippen molar-refractivity contribution >= 4 is 23.3 Å². The second-order valence-electron chi connectivity index (χ2n) is 7.95. The lowest BCUT2D eigenvalue weighted by Gasteiger charge is -2.29. The van der Waals surface area contributed by atoms with Crippen molar-refractivity contribution in [2.24, 2.45) is 0 Å². The first-order valence-electron chi connectivity index (χ1n) is 10.9. The molecule has 4 heterocycles. The van der Waals surface area contributed by atoms with Gasteiger partial charge in [-0.05, 0) is 72.4 Å². The molecule has 34 heavy (non-hydrogen) atoms. The predicted octanol–water partition coefficient (Wildman–Crippen LogP) is 4.23. The number of benzene rings is 1. The second-order valence-corrected chi connectivity index (χ2v) is 8.34. The summed E-state index contributed by atoms with van der Waals surface area (Å²) in [4.78, 5) is 23.1. The number of ether oxygens (including phenoxy) is 1. The van der Waals surface area contributed by atoms with Crippen LogP contribution < -0.4 is 5.32 Å². The fourth-order valence-corrected chi connectivity index (χ4v) is 4.66. The summed E-state index contributed by atoms with van der Waals surface area (Å²) in [6.07, 6.45) is 7.36.